The number of hydrogen-bond acceptors (Lipinski definition) is 8. The van der Waals surface area contributed by atoms with Gasteiger partial charge in [0.25, 0.3) is 0 Å². The Hall–Kier alpha value is -2.75. The lowest BCUT2D eigenvalue weighted by Crippen LogP contribution is -2.44. The van der Waals surface area contributed by atoms with Crippen molar-refractivity contribution >= 4 is 17.9 Å². The monoisotopic (exact) mass is 818 g/mol. The molecule has 0 aliphatic carbocycles. The van der Waals surface area contributed by atoms with Gasteiger partial charge in [-0.05, 0) is 51.4 Å². The second-order valence-electron chi connectivity index (χ2n) is 16.7. The van der Waals surface area contributed by atoms with Crippen molar-refractivity contribution in [3.63, 3.8) is 0 Å². The summed E-state index contributed by atoms with van der Waals surface area (Å²) in [6.45, 7) is 4.60. The van der Waals surface area contributed by atoms with Gasteiger partial charge in [-0.2, -0.15) is 0 Å². The van der Waals surface area contributed by atoms with Gasteiger partial charge in [0.1, 0.15) is 13.2 Å². The summed E-state index contributed by atoms with van der Waals surface area (Å²) in [6.07, 6.45) is 44.3. The van der Waals surface area contributed by atoms with E-state index in [1.54, 1.807) is 0 Å². The predicted octanol–water partition coefficient (Wildman–Crippen LogP) is 11.1. The van der Waals surface area contributed by atoms with Gasteiger partial charge in [0, 0.05) is 12.8 Å². The molecule has 0 aliphatic rings. The molecule has 0 saturated heterocycles. The fourth-order valence-electron chi connectivity index (χ4n) is 6.23. The number of carbonyl (C=O) groups is 3. The first-order valence-corrected chi connectivity index (χ1v) is 23.3. The van der Waals surface area contributed by atoms with Crippen LogP contribution in [0, 0.1) is 0 Å². The number of rotatable bonds is 42. The molecule has 0 bridgehead atoms. The first-order chi connectivity index (χ1) is 28.1. The van der Waals surface area contributed by atoms with Crippen molar-refractivity contribution in [3.05, 3.63) is 48.6 Å². The van der Waals surface area contributed by atoms with Gasteiger partial charge in [-0.25, -0.2) is 0 Å². The molecule has 0 aliphatic heterocycles. The summed E-state index contributed by atoms with van der Waals surface area (Å²) >= 11 is 0. The molecular weight excluding hydrogens is 731 g/mol. The Morgan fingerprint density at radius 3 is 1.47 bits per heavy atom. The SMILES string of the molecule is CC/C=C\C/C=C\C/C=C\C/C=C\CCCCCCCCCCCCC(=O)OC(COC(=O)CCCCCCCCCCCC)COC(OCC[N+](C)(C)C)C(=O)[O-]. The van der Waals surface area contributed by atoms with Crippen molar-refractivity contribution in [3.8, 4) is 0 Å². The number of quaternary nitrogens is 1. The second kappa shape index (κ2) is 41.0. The van der Waals surface area contributed by atoms with E-state index in [0.29, 0.717) is 23.9 Å². The third-order valence-electron chi connectivity index (χ3n) is 9.84. The van der Waals surface area contributed by atoms with E-state index in [2.05, 4.69) is 62.5 Å². The first-order valence-electron chi connectivity index (χ1n) is 23.3. The maximum absolute atomic E-state index is 12.8. The first kappa shape index (κ1) is 55.2. The largest absolute Gasteiger partial charge is 0.545 e. The number of esters is 2. The number of likely N-dealkylation sites (N-methyl/N-ethyl adjacent to an activating group) is 1. The van der Waals surface area contributed by atoms with E-state index < -0.39 is 24.3 Å². The highest BCUT2D eigenvalue weighted by atomic mass is 16.7. The van der Waals surface area contributed by atoms with Crippen molar-refractivity contribution in [2.75, 3.05) is 47.5 Å². The van der Waals surface area contributed by atoms with Gasteiger partial charge in [-0.3, -0.25) is 9.59 Å². The minimum absolute atomic E-state index is 0.147. The minimum atomic E-state index is -1.62. The van der Waals surface area contributed by atoms with Crippen LogP contribution < -0.4 is 5.11 Å². The molecule has 0 radical (unpaired) electrons. The number of carboxylic acid groups (broad SMARTS) is 1. The summed E-state index contributed by atoms with van der Waals surface area (Å²) < 4.78 is 22.5. The smallest absolute Gasteiger partial charge is 0.306 e. The van der Waals surface area contributed by atoms with Crippen molar-refractivity contribution in [1.82, 2.24) is 0 Å². The minimum Gasteiger partial charge on any atom is -0.545 e. The quantitative estimate of drug-likeness (QED) is 0.0197. The second-order valence-corrected chi connectivity index (χ2v) is 16.7. The summed E-state index contributed by atoms with van der Waals surface area (Å²) in [5.74, 6) is -2.29. The van der Waals surface area contributed by atoms with E-state index in [9.17, 15) is 19.5 Å². The number of hydrogen-bond donors (Lipinski definition) is 0. The average Bonchev–Trinajstić information content (AvgIpc) is 3.18. The molecule has 336 valence electrons. The summed E-state index contributed by atoms with van der Waals surface area (Å²) in [4.78, 5) is 36.9. The third-order valence-corrected chi connectivity index (χ3v) is 9.84. The lowest BCUT2D eigenvalue weighted by Gasteiger charge is -2.26. The molecule has 0 saturated carbocycles. The van der Waals surface area contributed by atoms with Crippen molar-refractivity contribution < 1.29 is 42.9 Å². The molecule has 0 spiro atoms. The molecule has 58 heavy (non-hydrogen) atoms. The zero-order valence-electron chi connectivity index (χ0n) is 37.9. The Morgan fingerprint density at radius 2 is 0.983 bits per heavy atom. The van der Waals surface area contributed by atoms with E-state index in [1.807, 2.05) is 21.1 Å². The summed E-state index contributed by atoms with van der Waals surface area (Å²) in [5, 5.41) is 11.7. The standard InChI is InChI=1S/C49H87NO8/c1-6-8-10-12-14-16-18-19-20-21-22-23-24-25-26-27-28-29-30-32-34-36-38-40-47(52)58-45(44-57-49(48(53)54)55-42-41-50(3,4)5)43-56-46(51)39-37-35-33-31-17-15-13-11-9-7-2/h8,10,14,16,19-20,22-23,45,49H,6-7,9,11-13,15,17-18,21,24-44H2,1-5H3/b10-8-,16-14-,20-19-,23-22-. The number of aliphatic carboxylic acids is 1. The van der Waals surface area contributed by atoms with Gasteiger partial charge in [0.2, 0.25) is 0 Å². The Balaban J connectivity index is 4.32. The number of allylic oxidation sites excluding steroid dienone is 8. The van der Waals surface area contributed by atoms with Gasteiger partial charge in [-0.15, -0.1) is 0 Å². The van der Waals surface area contributed by atoms with Crippen molar-refractivity contribution in [1.29, 1.82) is 0 Å². The van der Waals surface area contributed by atoms with Gasteiger partial charge in [-0.1, -0.05) is 172 Å². The van der Waals surface area contributed by atoms with Crippen LogP contribution in [0.1, 0.15) is 187 Å². The zero-order valence-corrected chi connectivity index (χ0v) is 37.9. The van der Waals surface area contributed by atoms with E-state index >= 15 is 0 Å². The zero-order chi connectivity index (χ0) is 42.8. The van der Waals surface area contributed by atoms with Crippen molar-refractivity contribution in [2.24, 2.45) is 0 Å². The number of unbranched alkanes of at least 4 members (excludes halogenated alkanes) is 19. The summed E-state index contributed by atoms with van der Waals surface area (Å²) in [5.41, 5.74) is 0. The number of ether oxygens (including phenoxy) is 4. The molecule has 0 rings (SSSR count). The van der Waals surface area contributed by atoms with Gasteiger partial charge >= 0.3 is 11.9 Å². The van der Waals surface area contributed by atoms with Crippen LogP contribution in [-0.2, 0) is 33.3 Å². The van der Waals surface area contributed by atoms with Crippen LogP contribution in [-0.4, -0.2) is 82.3 Å². The van der Waals surface area contributed by atoms with Crippen LogP contribution in [0.2, 0.25) is 0 Å². The van der Waals surface area contributed by atoms with Crippen LogP contribution in [0.15, 0.2) is 48.6 Å². The highest BCUT2D eigenvalue weighted by Gasteiger charge is 2.21. The topological polar surface area (TPSA) is 111 Å². The molecule has 9 heteroatoms. The van der Waals surface area contributed by atoms with E-state index in [1.165, 1.54) is 83.5 Å². The number of carboxylic acids is 1. The van der Waals surface area contributed by atoms with Crippen LogP contribution in [0.5, 0.6) is 0 Å². The highest BCUT2D eigenvalue weighted by molar-refractivity contribution is 5.70. The molecule has 0 aromatic carbocycles. The predicted molar refractivity (Wildman–Crippen MR) is 237 cm³/mol. The molecule has 0 N–H and O–H groups in total. The molecule has 0 aromatic rings. The maximum Gasteiger partial charge on any atom is 0.306 e. The Morgan fingerprint density at radius 1 is 0.534 bits per heavy atom. The maximum atomic E-state index is 12.8. The van der Waals surface area contributed by atoms with Gasteiger partial charge < -0.3 is 33.3 Å². The van der Waals surface area contributed by atoms with Gasteiger partial charge in [0.15, 0.2) is 12.4 Å². The summed E-state index contributed by atoms with van der Waals surface area (Å²) in [6, 6.07) is 0. The van der Waals surface area contributed by atoms with E-state index in [0.717, 1.165) is 70.6 Å². The average molecular weight is 818 g/mol. The van der Waals surface area contributed by atoms with E-state index in [4.69, 9.17) is 18.9 Å². The molecule has 0 fully saturated rings. The fourth-order valence-corrected chi connectivity index (χ4v) is 6.23. The Labute approximate surface area is 355 Å². The summed E-state index contributed by atoms with van der Waals surface area (Å²) in [7, 11) is 5.90. The normalized spacial score (nSPS) is 13.3. The van der Waals surface area contributed by atoms with Gasteiger partial charge in [0.05, 0.1) is 40.3 Å². The lowest BCUT2D eigenvalue weighted by atomic mass is 10.0. The molecule has 2 unspecified atom stereocenters. The molecule has 2 atom stereocenters. The molecule has 0 amide bonds. The van der Waals surface area contributed by atoms with Crippen molar-refractivity contribution in [2.45, 2.75) is 200 Å². The Bertz CT molecular complexity index is 1090. The van der Waals surface area contributed by atoms with Crippen LogP contribution in [0.3, 0.4) is 0 Å². The van der Waals surface area contributed by atoms with Crippen LogP contribution in [0.25, 0.3) is 0 Å². The van der Waals surface area contributed by atoms with Crippen LogP contribution >= 0.6 is 0 Å². The third kappa shape index (κ3) is 41.4. The number of carbonyl (C=O) groups excluding carboxylic acids is 3. The lowest BCUT2D eigenvalue weighted by molar-refractivity contribution is -0.870. The molecule has 0 heterocycles. The molecule has 0 aromatic heterocycles. The molecule has 9 nitrogen and oxygen atoms in total. The van der Waals surface area contributed by atoms with E-state index in [-0.39, 0.29) is 32.2 Å². The Kier molecular flexibility index (Phi) is 39.1. The fraction of sp³-hybridized carbons (Fsp3) is 0.776. The number of nitrogens with zero attached hydrogens (tertiary/aromatic N) is 1. The van der Waals surface area contributed by atoms with Crippen LogP contribution in [0.4, 0.5) is 0 Å². The molecular formula is C49H87NO8. The highest BCUT2D eigenvalue weighted by Crippen LogP contribution is 2.14.